The summed E-state index contributed by atoms with van der Waals surface area (Å²) in [6.07, 6.45) is 0. The first-order valence-electron chi connectivity index (χ1n) is 9.97. The number of carbonyl (C=O) groups is 2. The summed E-state index contributed by atoms with van der Waals surface area (Å²) in [6, 6.07) is 10.7. The van der Waals surface area contributed by atoms with Crippen molar-refractivity contribution in [2.24, 2.45) is 5.92 Å². The summed E-state index contributed by atoms with van der Waals surface area (Å²) in [5, 5.41) is 15.7. The summed E-state index contributed by atoms with van der Waals surface area (Å²) in [7, 11) is -4.03. The number of sulfonamides is 1. The number of aromatic nitrogens is 1. The molecule has 0 aliphatic heterocycles. The lowest BCUT2D eigenvalue weighted by Crippen LogP contribution is -2.48. The molecule has 0 saturated carbocycles. The van der Waals surface area contributed by atoms with Gasteiger partial charge >= 0.3 is 5.97 Å². The molecule has 3 aromatic rings. The van der Waals surface area contributed by atoms with E-state index in [0.29, 0.717) is 21.2 Å². The van der Waals surface area contributed by atoms with Gasteiger partial charge in [0.1, 0.15) is 11.6 Å². The highest BCUT2D eigenvalue weighted by Gasteiger charge is 2.25. The summed E-state index contributed by atoms with van der Waals surface area (Å²) in [5.74, 6) is -2.28. The Morgan fingerprint density at radius 3 is 2.55 bits per heavy atom. The number of amides is 1. The number of hydrogen-bond donors (Lipinski definition) is 4. The Kier molecular flexibility index (Phi) is 7.90. The number of nitrogens with one attached hydrogen (secondary N) is 3. The van der Waals surface area contributed by atoms with Gasteiger partial charge in [-0.25, -0.2) is 22.9 Å². The number of benzene rings is 2. The molecule has 1 aromatic heterocycles. The minimum Gasteiger partial charge on any atom is -0.480 e. The molecule has 0 aliphatic carbocycles. The van der Waals surface area contributed by atoms with Gasteiger partial charge < -0.3 is 15.7 Å². The zero-order valence-corrected chi connectivity index (χ0v) is 20.2. The molecular weight excluding hydrogens is 488 g/mol. The van der Waals surface area contributed by atoms with Crippen LogP contribution in [0.25, 0.3) is 10.2 Å². The van der Waals surface area contributed by atoms with Crippen LogP contribution in [0.15, 0.2) is 47.4 Å². The number of carboxylic acids is 1. The van der Waals surface area contributed by atoms with Crippen LogP contribution in [-0.2, 0) is 26.2 Å². The molecular formula is C21H23ClN4O5S2. The quantitative estimate of drug-likeness (QED) is 0.329. The van der Waals surface area contributed by atoms with Gasteiger partial charge in [-0.05, 0) is 29.7 Å². The van der Waals surface area contributed by atoms with Crippen molar-refractivity contribution in [1.82, 2.24) is 15.0 Å². The number of hydrogen-bond acceptors (Lipinski definition) is 7. The Labute approximate surface area is 200 Å². The first-order chi connectivity index (χ1) is 15.6. The second-order valence-corrected chi connectivity index (χ2v) is 10.7. The Hall–Kier alpha value is -2.73. The van der Waals surface area contributed by atoms with E-state index >= 15 is 0 Å². The van der Waals surface area contributed by atoms with Crippen molar-refractivity contribution in [3.05, 3.63) is 53.1 Å². The number of halogens is 1. The number of rotatable bonds is 10. The van der Waals surface area contributed by atoms with Crippen molar-refractivity contribution >= 4 is 60.2 Å². The second-order valence-electron chi connectivity index (χ2n) is 7.52. The molecule has 0 bridgehead atoms. The van der Waals surface area contributed by atoms with Crippen molar-refractivity contribution in [1.29, 1.82) is 0 Å². The molecule has 1 heterocycles. The fourth-order valence-electron chi connectivity index (χ4n) is 3.05. The highest BCUT2D eigenvalue weighted by molar-refractivity contribution is 7.89. The molecule has 0 radical (unpaired) electrons. The van der Waals surface area contributed by atoms with Gasteiger partial charge in [0.25, 0.3) is 0 Å². The van der Waals surface area contributed by atoms with E-state index in [1.54, 1.807) is 38.1 Å². The van der Waals surface area contributed by atoms with Crippen molar-refractivity contribution in [2.75, 3.05) is 11.9 Å². The number of fused-ring (bicyclic) bond motifs is 1. The number of para-hydroxylation sites is 1. The predicted octanol–water partition coefficient (Wildman–Crippen LogP) is 3.07. The van der Waals surface area contributed by atoms with Gasteiger partial charge in [0.05, 0.1) is 21.2 Å². The van der Waals surface area contributed by atoms with E-state index in [9.17, 15) is 23.1 Å². The molecule has 3 rings (SSSR count). The molecule has 9 nitrogen and oxygen atoms in total. The van der Waals surface area contributed by atoms with Gasteiger partial charge in [0.15, 0.2) is 5.13 Å². The maximum Gasteiger partial charge on any atom is 0.326 e. The standard InChI is InChI=1S/C21H23ClN4O5S2/c1-12(2)18(20(28)29)25-17(27)11-24-33(30,31)16-9-4-3-6-13(16)10-23-21-26-19-14(22)7-5-8-15(19)32-21/h3-9,12,18,24H,10-11H2,1-2H3,(H,23,26)(H,25,27)(H,28,29)/t18-/m0/s1. The van der Waals surface area contributed by atoms with Crippen molar-refractivity contribution in [3.63, 3.8) is 0 Å². The van der Waals surface area contributed by atoms with Gasteiger partial charge in [-0.2, -0.15) is 0 Å². The van der Waals surface area contributed by atoms with Crippen LogP contribution >= 0.6 is 22.9 Å². The van der Waals surface area contributed by atoms with Gasteiger partial charge in [-0.15, -0.1) is 0 Å². The van der Waals surface area contributed by atoms with Crippen molar-refractivity contribution in [2.45, 2.75) is 31.3 Å². The largest absolute Gasteiger partial charge is 0.480 e. The van der Waals surface area contributed by atoms with Crippen molar-refractivity contribution < 1.29 is 23.1 Å². The minimum absolute atomic E-state index is 0.00286. The van der Waals surface area contributed by atoms with E-state index in [0.717, 1.165) is 4.70 Å². The van der Waals surface area contributed by atoms with Gasteiger partial charge in [0, 0.05) is 6.54 Å². The van der Waals surface area contributed by atoms with E-state index in [1.165, 1.54) is 17.4 Å². The number of carboxylic acid groups (broad SMARTS) is 1. The number of carbonyl (C=O) groups excluding carboxylic acids is 1. The highest BCUT2D eigenvalue weighted by atomic mass is 35.5. The summed E-state index contributed by atoms with van der Waals surface area (Å²) in [5.41, 5.74) is 1.14. The fraction of sp³-hybridized carbons (Fsp3) is 0.286. The Morgan fingerprint density at radius 2 is 1.88 bits per heavy atom. The zero-order valence-electron chi connectivity index (χ0n) is 17.8. The molecule has 1 amide bonds. The molecule has 0 unspecified atom stereocenters. The SMILES string of the molecule is CC(C)[C@H](NC(=O)CNS(=O)(=O)c1ccccc1CNc1nc2c(Cl)cccc2s1)C(=O)O. The Bertz CT molecular complexity index is 1280. The Morgan fingerprint density at radius 1 is 1.15 bits per heavy atom. The molecule has 4 N–H and O–H groups in total. The summed E-state index contributed by atoms with van der Waals surface area (Å²) in [6.45, 7) is 2.88. The van der Waals surface area contributed by atoms with E-state index < -0.39 is 34.5 Å². The predicted molar refractivity (Wildman–Crippen MR) is 128 cm³/mol. The molecule has 33 heavy (non-hydrogen) atoms. The van der Waals surface area contributed by atoms with Crippen LogP contribution in [0, 0.1) is 5.92 Å². The van der Waals surface area contributed by atoms with E-state index in [4.69, 9.17) is 11.6 Å². The van der Waals surface area contributed by atoms with Crippen molar-refractivity contribution in [3.8, 4) is 0 Å². The van der Waals surface area contributed by atoms with Gasteiger partial charge in [-0.3, -0.25) is 4.79 Å². The van der Waals surface area contributed by atoms with Crippen LogP contribution in [-0.4, -0.2) is 43.0 Å². The Balaban J connectivity index is 1.69. The summed E-state index contributed by atoms with van der Waals surface area (Å²) < 4.78 is 28.8. The lowest BCUT2D eigenvalue weighted by atomic mass is 10.1. The van der Waals surface area contributed by atoms with Gasteiger partial charge in [-0.1, -0.05) is 61.1 Å². The molecule has 0 fully saturated rings. The smallest absolute Gasteiger partial charge is 0.326 e. The number of nitrogens with zero attached hydrogens (tertiary/aromatic N) is 1. The third-order valence-corrected chi connectivity index (χ3v) is 7.52. The van der Waals surface area contributed by atoms with Crippen LogP contribution in [0.2, 0.25) is 5.02 Å². The maximum absolute atomic E-state index is 12.8. The van der Waals surface area contributed by atoms with Crippen LogP contribution < -0.4 is 15.4 Å². The lowest BCUT2D eigenvalue weighted by Gasteiger charge is -2.18. The zero-order chi connectivity index (χ0) is 24.2. The lowest BCUT2D eigenvalue weighted by molar-refractivity contribution is -0.142. The molecule has 176 valence electrons. The number of anilines is 1. The molecule has 0 aliphatic rings. The molecule has 0 saturated heterocycles. The fourth-order valence-corrected chi connectivity index (χ4v) is 5.43. The highest BCUT2D eigenvalue weighted by Crippen LogP contribution is 2.31. The van der Waals surface area contributed by atoms with Crippen LogP contribution in [0.5, 0.6) is 0 Å². The molecule has 12 heteroatoms. The number of aliphatic carboxylic acids is 1. The number of thiazole rings is 1. The van der Waals surface area contributed by atoms with Crippen LogP contribution in [0.4, 0.5) is 5.13 Å². The average Bonchev–Trinajstić information content (AvgIpc) is 3.19. The topological polar surface area (TPSA) is 137 Å². The van der Waals surface area contributed by atoms with Crippen LogP contribution in [0.3, 0.4) is 0 Å². The van der Waals surface area contributed by atoms with E-state index in [-0.39, 0.29) is 17.4 Å². The first-order valence-corrected chi connectivity index (χ1v) is 12.6. The summed E-state index contributed by atoms with van der Waals surface area (Å²) >= 11 is 7.56. The van der Waals surface area contributed by atoms with E-state index in [2.05, 4.69) is 20.3 Å². The second kappa shape index (κ2) is 10.5. The van der Waals surface area contributed by atoms with Crippen LogP contribution in [0.1, 0.15) is 19.4 Å². The normalized spacial score (nSPS) is 12.6. The summed E-state index contributed by atoms with van der Waals surface area (Å²) in [4.78, 5) is 27.8. The average molecular weight is 511 g/mol. The van der Waals surface area contributed by atoms with Gasteiger partial charge in [0.2, 0.25) is 15.9 Å². The minimum atomic E-state index is -4.03. The third-order valence-electron chi connectivity index (χ3n) is 4.73. The van der Waals surface area contributed by atoms with E-state index in [1.807, 2.05) is 12.1 Å². The maximum atomic E-state index is 12.8. The molecule has 2 aromatic carbocycles. The molecule has 0 spiro atoms. The molecule has 1 atom stereocenters. The monoisotopic (exact) mass is 510 g/mol. The first kappa shape index (κ1) is 24.9. The third kappa shape index (κ3) is 6.20.